The predicted octanol–water partition coefficient (Wildman–Crippen LogP) is 2.03. The Morgan fingerprint density at radius 1 is 1.08 bits per heavy atom. The molecular weight excluding hydrogens is 328 g/mol. The van der Waals surface area contributed by atoms with Crippen molar-refractivity contribution in [1.29, 1.82) is 0 Å². The minimum absolute atomic E-state index is 0.122. The first kappa shape index (κ1) is 23.1. The van der Waals surface area contributed by atoms with Gasteiger partial charge >= 0.3 is 0 Å². The average Bonchev–Trinajstić information content (AvgIpc) is 2.43. The number of rotatable bonds is 12. The summed E-state index contributed by atoms with van der Waals surface area (Å²) in [5, 5.41) is 2.85. The summed E-state index contributed by atoms with van der Waals surface area (Å²) in [6.07, 6.45) is 1.95. The van der Waals surface area contributed by atoms with Gasteiger partial charge in [0.25, 0.3) is 0 Å². The van der Waals surface area contributed by atoms with E-state index in [2.05, 4.69) is 39.6 Å². The summed E-state index contributed by atoms with van der Waals surface area (Å²) in [5.74, 6) is -0.416. The van der Waals surface area contributed by atoms with Crippen molar-refractivity contribution in [1.82, 2.24) is 5.32 Å². The number of quaternary nitrogens is 1. The van der Waals surface area contributed by atoms with Crippen molar-refractivity contribution in [3.63, 3.8) is 0 Å². The second kappa shape index (κ2) is 10.2. The molecule has 0 aromatic heterocycles. The van der Waals surface area contributed by atoms with E-state index < -0.39 is 10.1 Å². The highest BCUT2D eigenvalue weighted by atomic mass is 32.2. The highest BCUT2D eigenvalue weighted by Crippen LogP contribution is 2.22. The molecular formula is C17H34N2O4S. The maximum atomic E-state index is 11.5. The van der Waals surface area contributed by atoms with Gasteiger partial charge in [-0.2, -0.15) is 0 Å². The molecule has 0 aromatic rings. The lowest BCUT2D eigenvalue weighted by Crippen LogP contribution is -2.59. The Bertz CT molecular complexity index is 505. The van der Waals surface area contributed by atoms with Gasteiger partial charge in [-0.15, -0.1) is 0 Å². The van der Waals surface area contributed by atoms with Gasteiger partial charge in [-0.3, -0.25) is 4.79 Å². The summed E-state index contributed by atoms with van der Waals surface area (Å²) >= 11 is 0. The van der Waals surface area contributed by atoms with Crippen LogP contribution in [0.1, 0.15) is 53.9 Å². The number of carbonyl (C=O) groups is 1. The van der Waals surface area contributed by atoms with Crippen LogP contribution in [0, 0.1) is 0 Å². The molecule has 0 unspecified atom stereocenters. The van der Waals surface area contributed by atoms with E-state index in [-0.39, 0.29) is 11.7 Å². The van der Waals surface area contributed by atoms with Gasteiger partial charge in [-0.25, -0.2) is 8.42 Å². The molecule has 142 valence electrons. The fourth-order valence-corrected chi connectivity index (χ4v) is 3.71. The maximum Gasteiger partial charge on any atom is 0.246 e. The quantitative estimate of drug-likeness (QED) is 0.249. The van der Waals surface area contributed by atoms with E-state index in [9.17, 15) is 17.8 Å². The van der Waals surface area contributed by atoms with Crippen LogP contribution in [-0.2, 0) is 14.9 Å². The molecule has 1 amide bonds. The summed E-state index contributed by atoms with van der Waals surface area (Å²) < 4.78 is 33.1. The highest BCUT2D eigenvalue weighted by Gasteiger charge is 2.33. The molecule has 0 fully saturated rings. The Labute approximate surface area is 147 Å². The highest BCUT2D eigenvalue weighted by molar-refractivity contribution is 7.85. The van der Waals surface area contributed by atoms with Crippen LogP contribution in [0.4, 0.5) is 0 Å². The molecule has 0 spiro atoms. The summed E-state index contributed by atoms with van der Waals surface area (Å²) in [7, 11) is -4.13. The number of unbranched alkanes of at least 4 members (excludes halogenated alkanes) is 1. The smallest absolute Gasteiger partial charge is 0.246 e. The van der Waals surface area contributed by atoms with Crippen molar-refractivity contribution in [2.24, 2.45) is 0 Å². The molecule has 1 N–H and O–H groups in total. The molecule has 0 aliphatic carbocycles. The minimum Gasteiger partial charge on any atom is -0.748 e. The van der Waals surface area contributed by atoms with Crippen LogP contribution in [0.3, 0.4) is 0 Å². The summed E-state index contributed by atoms with van der Waals surface area (Å²) in [6.45, 7) is 16.3. The third kappa shape index (κ3) is 8.26. The maximum absolute atomic E-state index is 11.5. The molecule has 0 aliphatic heterocycles. The monoisotopic (exact) mass is 362 g/mol. The van der Waals surface area contributed by atoms with Crippen LogP contribution in [0.2, 0.25) is 0 Å². The van der Waals surface area contributed by atoms with Crippen molar-refractivity contribution in [2.75, 3.05) is 25.4 Å². The first-order chi connectivity index (χ1) is 10.9. The zero-order valence-corrected chi connectivity index (χ0v) is 16.6. The zero-order valence-electron chi connectivity index (χ0n) is 15.8. The molecule has 0 aromatic carbocycles. The number of hydrogen-bond acceptors (Lipinski definition) is 4. The summed E-state index contributed by atoms with van der Waals surface area (Å²) in [6, 6.07) is 0.761. The van der Waals surface area contributed by atoms with Crippen LogP contribution < -0.4 is 5.32 Å². The second-order valence-corrected chi connectivity index (χ2v) is 8.62. The van der Waals surface area contributed by atoms with Gasteiger partial charge in [0, 0.05) is 24.3 Å². The standard InChI is InChI=1S/C17H34N2O4S/c1-14(2)17(20)18-10-9-12-19(15(3)4,16(5)6)11-7-8-13-24(21,22)23/h15-16H,1,7-13H2,2-6H3,(H-,18,20,21,22,23). The lowest BCUT2D eigenvalue weighted by atomic mass is 10.1. The summed E-state index contributed by atoms with van der Waals surface area (Å²) in [4.78, 5) is 11.5. The Morgan fingerprint density at radius 3 is 2.00 bits per heavy atom. The van der Waals surface area contributed by atoms with Crippen LogP contribution in [0.25, 0.3) is 0 Å². The molecule has 7 heteroatoms. The molecule has 0 bridgehead atoms. The van der Waals surface area contributed by atoms with Crippen molar-refractivity contribution in [2.45, 2.75) is 66.0 Å². The van der Waals surface area contributed by atoms with Gasteiger partial charge in [-0.1, -0.05) is 6.58 Å². The predicted molar refractivity (Wildman–Crippen MR) is 96.5 cm³/mol. The SMILES string of the molecule is C=C(C)C(=O)NCCC[N+](CCCCS(=O)(=O)[O-])(C(C)C)C(C)C. The third-order valence-corrected chi connectivity index (χ3v) is 5.49. The van der Waals surface area contributed by atoms with Gasteiger partial charge < -0.3 is 14.4 Å². The van der Waals surface area contributed by atoms with Crippen LogP contribution in [0.15, 0.2) is 12.2 Å². The number of nitrogens with one attached hydrogen (secondary N) is 1. The average molecular weight is 363 g/mol. The van der Waals surface area contributed by atoms with Crippen molar-refractivity contribution >= 4 is 16.0 Å². The van der Waals surface area contributed by atoms with Crippen molar-refractivity contribution in [3.05, 3.63) is 12.2 Å². The molecule has 0 saturated heterocycles. The van der Waals surface area contributed by atoms with Crippen LogP contribution >= 0.6 is 0 Å². The van der Waals surface area contributed by atoms with Crippen LogP contribution in [-0.4, -0.2) is 60.8 Å². The largest absolute Gasteiger partial charge is 0.748 e. The molecule has 0 aliphatic rings. The Balaban J connectivity index is 4.66. The molecule has 0 atom stereocenters. The lowest BCUT2D eigenvalue weighted by molar-refractivity contribution is -0.967. The molecule has 0 saturated carbocycles. The Morgan fingerprint density at radius 2 is 1.58 bits per heavy atom. The van der Waals surface area contributed by atoms with E-state index in [1.165, 1.54) is 0 Å². The molecule has 0 rings (SSSR count). The van der Waals surface area contributed by atoms with E-state index >= 15 is 0 Å². The fourth-order valence-electron chi connectivity index (χ4n) is 3.15. The first-order valence-corrected chi connectivity index (χ1v) is 10.2. The molecule has 24 heavy (non-hydrogen) atoms. The van der Waals surface area contributed by atoms with E-state index in [0.717, 1.165) is 24.0 Å². The molecule has 0 heterocycles. The molecule has 6 nitrogen and oxygen atoms in total. The van der Waals surface area contributed by atoms with E-state index in [1.54, 1.807) is 6.92 Å². The normalized spacial score (nSPS) is 12.7. The zero-order chi connectivity index (χ0) is 19.0. The third-order valence-electron chi connectivity index (χ3n) is 4.70. The first-order valence-electron chi connectivity index (χ1n) is 8.66. The summed E-state index contributed by atoms with van der Waals surface area (Å²) in [5.41, 5.74) is 0.502. The number of carbonyl (C=O) groups excluding carboxylic acids is 1. The minimum atomic E-state index is -4.13. The van der Waals surface area contributed by atoms with Gasteiger partial charge in [0.05, 0.1) is 35.3 Å². The second-order valence-electron chi connectivity index (χ2n) is 7.10. The lowest BCUT2D eigenvalue weighted by Gasteiger charge is -2.46. The van der Waals surface area contributed by atoms with Gasteiger partial charge in [0.15, 0.2) is 0 Å². The van der Waals surface area contributed by atoms with Crippen molar-refractivity contribution < 1.29 is 22.2 Å². The van der Waals surface area contributed by atoms with Gasteiger partial charge in [0.1, 0.15) is 0 Å². The van der Waals surface area contributed by atoms with E-state index in [1.807, 2.05) is 0 Å². The van der Waals surface area contributed by atoms with Crippen molar-refractivity contribution in [3.8, 4) is 0 Å². The van der Waals surface area contributed by atoms with E-state index in [4.69, 9.17) is 0 Å². The van der Waals surface area contributed by atoms with Crippen LogP contribution in [0.5, 0.6) is 0 Å². The topological polar surface area (TPSA) is 86.3 Å². The van der Waals surface area contributed by atoms with Gasteiger partial charge in [0.2, 0.25) is 5.91 Å². The molecule has 0 radical (unpaired) electrons. The Hall–Kier alpha value is -0.920. The number of nitrogens with zero attached hydrogens (tertiary/aromatic N) is 1. The number of hydrogen-bond donors (Lipinski definition) is 1. The Kier molecular flexibility index (Phi) is 9.77. The van der Waals surface area contributed by atoms with E-state index in [0.29, 0.717) is 37.0 Å². The van der Waals surface area contributed by atoms with Gasteiger partial charge in [-0.05, 0) is 47.5 Å². The fraction of sp³-hybridized carbons (Fsp3) is 0.824. The number of amides is 1.